The van der Waals surface area contributed by atoms with Gasteiger partial charge in [-0.05, 0) is 24.3 Å². The number of thioether (sulfide) groups is 1. The van der Waals surface area contributed by atoms with Crippen molar-refractivity contribution >= 4 is 40.1 Å². The number of nitrogens with one attached hydrogen (secondary N) is 2. The van der Waals surface area contributed by atoms with E-state index in [9.17, 15) is 9.59 Å². The molecule has 3 rings (SSSR count). The van der Waals surface area contributed by atoms with Gasteiger partial charge in [-0.2, -0.15) is 0 Å². The molecule has 1 aliphatic heterocycles. The number of carbonyl (C=O) groups is 2. The van der Waals surface area contributed by atoms with E-state index in [4.69, 9.17) is 4.74 Å². The molecule has 128 valence electrons. The molecule has 0 bridgehead atoms. The zero-order valence-corrected chi connectivity index (χ0v) is 14.4. The van der Waals surface area contributed by atoms with Gasteiger partial charge >= 0.3 is 0 Å². The van der Waals surface area contributed by atoms with Gasteiger partial charge < -0.3 is 15.4 Å². The number of carbonyl (C=O) groups excluding carboxylic acids is 2. The number of rotatable bonds is 5. The normalized spacial score (nSPS) is 18.0. The van der Waals surface area contributed by atoms with Crippen LogP contribution in [0.5, 0.6) is 5.75 Å². The monoisotopic (exact) mass is 355 g/mol. The highest BCUT2D eigenvalue weighted by Crippen LogP contribution is 2.25. The molecule has 0 saturated carbocycles. The van der Waals surface area contributed by atoms with Crippen molar-refractivity contribution < 1.29 is 14.3 Å². The second kappa shape index (κ2) is 7.85. The van der Waals surface area contributed by atoms with E-state index in [1.807, 2.05) is 30.3 Å². The van der Waals surface area contributed by atoms with Crippen LogP contribution in [0.15, 0.2) is 59.6 Å². The summed E-state index contributed by atoms with van der Waals surface area (Å²) in [6, 6.07) is 16.4. The first-order chi connectivity index (χ1) is 12.1. The van der Waals surface area contributed by atoms with Gasteiger partial charge in [-0.3, -0.25) is 9.59 Å². The molecule has 25 heavy (non-hydrogen) atoms. The van der Waals surface area contributed by atoms with Crippen molar-refractivity contribution in [2.75, 3.05) is 12.4 Å². The number of hydrogen-bond donors (Lipinski definition) is 2. The number of hydrogen-bond acceptors (Lipinski definition) is 5. The molecule has 1 saturated heterocycles. The predicted molar refractivity (Wildman–Crippen MR) is 99.3 cm³/mol. The van der Waals surface area contributed by atoms with Crippen LogP contribution in [0.3, 0.4) is 0 Å². The molecule has 0 aliphatic carbocycles. The Morgan fingerprint density at radius 1 is 1.24 bits per heavy atom. The number of nitrogens with zero attached hydrogens (tertiary/aromatic N) is 1. The van der Waals surface area contributed by atoms with E-state index in [0.717, 1.165) is 5.69 Å². The lowest BCUT2D eigenvalue weighted by Gasteiger charge is -2.08. The van der Waals surface area contributed by atoms with E-state index in [1.165, 1.54) is 11.8 Å². The van der Waals surface area contributed by atoms with Crippen LogP contribution in [0, 0.1) is 0 Å². The molecule has 6 nitrogen and oxygen atoms in total. The number of benzene rings is 2. The van der Waals surface area contributed by atoms with E-state index in [-0.39, 0.29) is 18.2 Å². The highest BCUT2D eigenvalue weighted by Gasteiger charge is 2.32. The summed E-state index contributed by atoms with van der Waals surface area (Å²) < 4.78 is 5.12. The van der Waals surface area contributed by atoms with Crippen molar-refractivity contribution in [3.63, 3.8) is 0 Å². The Morgan fingerprint density at radius 3 is 2.80 bits per heavy atom. The van der Waals surface area contributed by atoms with Gasteiger partial charge in [0.25, 0.3) is 0 Å². The highest BCUT2D eigenvalue weighted by atomic mass is 32.2. The number of anilines is 1. The summed E-state index contributed by atoms with van der Waals surface area (Å²) >= 11 is 1.26. The number of amidine groups is 1. The van der Waals surface area contributed by atoms with Crippen molar-refractivity contribution in [1.29, 1.82) is 0 Å². The summed E-state index contributed by atoms with van der Waals surface area (Å²) in [5.41, 5.74) is 1.39. The second-order valence-corrected chi connectivity index (χ2v) is 6.52. The van der Waals surface area contributed by atoms with Crippen molar-refractivity contribution in [2.45, 2.75) is 11.7 Å². The van der Waals surface area contributed by atoms with Gasteiger partial charge in [-0.1, -0.05) is 36.0 Å². The fraction of sp³-hybridized carbons (Fsp3) is 0.167. The van der Waals surface area contributed by atoms with Gasteiger partial charge in [0.1, 0.15) is 11.0 Å². The number of amides is 2. The minimum Gasteiger partial charge on any atom is -0.497 e. The molecule has 2 N–H and O–H groups in total. The first-order valence-corrected chi connectivity index (χ1v) is 8.57. The minimum absolute atomic E-state index is 0.0710. The third-order valence-electron chi connectivity index (χ3n) is 3.49. The van der Waals surface area contributed by atoms with Gasteiger partial charge in [0.15, 0.2) is 5.17 Å². The van der Waals surface area contributed by atoms with Crippen LogP contribution in [0.2, 0.25) is 0 Å². The molecule has 0 radical (unpaired) electrons. The standard InChI is InChI=1S/C18H17N3O3S/c1-24-14-9-5-8-13(10-14)19-16(22)11-15-17(23)21-18(25-15)20-12-6-3-2-4-7-12/h2-10,15H,11H2,1H3,(H,19,22)(H,20,21,23)/t15-/m1/s1. The smallest absolute Gasteiger partial charge is 0.240 e. The summed E-state index contributed by atoms with van der Waals surface area (Å²) in [5.74, 6) is 0.213. The Hall–Kier alpha value is -2.80. The van der Waals surface area contributed by atoms with Crippen LogP contribution in [-0.2, 0) is 9.59 Å². The molecule has 2 aromatic carbocycles. The predicted octanol–water partition coefficient (Wildman–Crippen LogP) is 2.94. The van der Waals surface area contributed by atoms with Crippen LogP contribution in [0.1, 0.15) is 6.42 Å². The fourth-order valence-corrected chi connectivity index (χ4v) is 3.28. The number of ether oxygens (including phenoxy) is 1. The first kappa shape index (κ1) is 17.0. The number of para-hydroxylation sites is 1. The molecule has 7 heteroatoms. The molecule has 1 fully saturated rings. The van der Waals surface area contributed by atoms with Gasteiger partial charge in [0, 0.05) is 18.2 Å². The van der Waals surface area contributed by atoms with Gasteiger partial charge in [0.05, 0.1) is 12.8 Å². The largest absolute Gasteiger partial charge is 0.497 e. The average molecular weight is 355 g/mol. The van der Waals surface area contributed by atoms with Crippen LogP contribution >= 0.6 is 11.8 Å². The third kappa shape index (κ3) is 4.60. The van der Waals surface area contributed by atoms with Crippen molar-refractivity contribution in [2.24, 2.45) is 4.99 Å². The van der Waals surface area contributed by atoms with Crippen molar-refractivity contribution in [3.05, 3.63) is 54.6 Å². The maximum atomic E-state index is 12.2. The summed E-state index contributed by atoms with van der Waals surface area (Å²) in [6.45, 7) is 0. The van der Waals surface area contributed by atoms with Gasteiger partial charge in [0.2, 0.25) is 11.8 Å². The second-order valence-electron chi connectivity index (χ2n) is 5.33. The van der Waals surface area contributed by atoms with E-state index in [0.29, 0.717) is 16.6 Å². The topological polar surface area (TPSA) is 79.8 Å². The van der Waals surface area contributed by atoms with Crippen LogP contribution in [-0.4, -0.2) is 29.3 Å². The summed E-state index contributed by atoms with van der Waals surface area (Å²) in [5, 5.41) is 5.51. The Labute approximate surface area is 149 Å². The Kier molecular flexibility index (Phi) is 5.35. The van der Waals surface area contributed by atoms with E-state index < -0.39 is 5.25 Å². The maximum absolute atomic E-state index is 12.2. The molecular weight excluding hydrogens is 338 g/mol. The summed E-state index contributed by atoms with van der Waals surface area (Å²) in [4.78, 5) is 28.6. The Bertz CT molecular complexity index is 808. The average Bonchev–Trinajstić information content (AvgIpc) is 2.95. The fourth-order valence-electron chi connectivity index (χ4n) is 2.29. The molecular formula is C18H17N3O3S. The van der Waals surface area contributed by atoms with Crippen molar-refractivity contribution in [3.8, 4) is 5.75 Å². The maximum Gasteiger partial charge on any atom is 0.240 e. The zero-order valence-electron chi connectivity index (χ0n) is 13.6. The lowest BCUT2D eigenvalue weighted by molar-refractivity contribution is -0.122. The third-order valence-corrected chi connectivity index (χ3v) is 4.57. The van der Waals surface area contributed by atoms with Crippen LogP contribution < -0.4 is 15.4 Å². The Morgan fingerprint density at radius 2 is 2.04 bits per heavy atom. The van der Waals surface area contributed by atoms with Crippen LogP contribution in [0.4, 0.5) is 11.4 Å². The molecule has 0 aromatic heterocycles. The molecule has 1 atom stereocenters. The first-order valence-electron chi connectivity index (χ1n) is 7.69. The van der Waals surface area contributed by atoms with Crippen LogP contribution in [0.25, 0.3) is 0 Å². The minimum atomic E-state index is -0.493. The number of methoxy groups -OCH3 is 1. The van der Waals surface area contributed by atoms with Gasteiger partial charge in [-0.15, -0.1) is 0 Å². The Balaban J connectivity index is 1.60. The zero-order chi connectivity index (χ0) is 17.6. The number of aliphatic imine (C=N–C) groups is 1. The summed E-state index contributed by atoms with van der Waals surface area (Å²) in [6.07, 6.45) is 0.0710. The highest BCUT2D eigenvalue weighted by molar-refractivity contribution is 8.15. The van der Waals surface area contributed by atoms with E-state index in [1.54, 1.807) is 31.4 Å². The molecule has 0 unspecified atom stereocenters. The molecule has 0 spiro atoms. The molecule has 1 heterocycles. The molecule has 2 aromatic rings. The molecule has 1 aliphatic rings. The van der Waals surface area contributed by atoms with Gasteiger partial charge in [-0.25, -0.2) is 4.99 Å². The van der Waals surface area contributed by atoms with Crippen molar-refractivity contribution in [1.82, 2.24) is 5.32 Å². The van der Waals surface area contributed by atoms with E-state index >= 15 is 0 Å². The quantitative estimate of drug-likeness (QED) is 0.864. The summed E-state index contributed by atoms with van der Waals surface area (Å²) in [7, 11) is 1.56. The lowest BCUT2D eigenvalue weighted by atomic mass is 10.2. The van der Waals surface area contributed by atoms with E-state index in [2.05, 4.69) is 15.6 Å². The SMILES string of the molecule is COc1cccc(NC(=O)C[C@H]2SC(=Nc3ccccc3)NC2=O)c1. The lowest BCUT2D eigenvalue weighted by Crippen LogP contribution is -2.28. The molecule has 2 amide bonds.